The molecule has 0 amide bonds. The Balaban J connectivity index is 1.77. The molecule has 1 fully saturated rings. The molecule has 1 aliphatic rings. The molecule has 0 atom stereocenters. The van der Waals surface area contributed by atoms with E-state index in [0.717, 1.165) is 5.56 Å². The van der Waals surface area contributed by atoms with Gasteiger partial charge in [0.15, 0.2) is 0 Å². The smallest absolute Gasteiger partial charge is 0.149 e. The number of aliphatic imine (C=N–C) groups is 1. The topological polar surface area (TPSA) is 55.7 Å². The first kappa shape index (κ1) is 17.4. The van der Waals surface area contributed by atoms with Crippen LogP contribution in [0.2, 0.25) is 5.02 Å². The molecule has 4 nitrogen and oxygen atoms in total. The molecule has 2 aromatic carbocycles. The molecule has 0 aliphatic heterocycles. The molecule has 2 aromatic rings. The van der Waals surface area contributed by atoms with Crippen molar-refractivity contribution in [1.29, 1.82) is 0 Å². The van der Waals surface area contributed by atoms with Gasteiger partial charge in [0, 0.05) is 24.1 Å². The van der Waals surface area contributed by atoms with Crippen LogP contribution in [0.1, 0.15) is 24.3 Å². The van der Waals surface area contributed by atoms with Crippen LogP contribution in [0.25, 0.3) is 0 Å². The van der Waals surface area contributed by atoms with E-state index in [2.05, 4.69) is 4.99 Å². The molecule has 0 spiro atoms. The number of Topliss-reactive ketones (excluding diaryl/α,β-unsaturated/α-hetero) is 2. The maximum atomic E-state index is 12.5. The summed E-state index contributed by atoms with van der Waals surface area (Å²) in [5, 5.41) is 0.512. The van der Waals surface area contributed by atoms with E-state index >= 15 is 0 Å². The van der Waals surface area contributed by atoms with Crippen LogP contribution in [-0.4, -0.2) is 24.9 Å². The lowest BCUT2D eigenvalue weighted by Crippen LogP contribution is -2.33. The number of ketones is 2. The predicted octanol–water partition coefficient (Wildman–Crippen LogP) is 4.38. The second-order valence-corrected chi connectivity index (χ2v) is 6.46. The summed E-state index contributed by atoms with van der Waals surface area (Å²) in [4.78, 5) is 29.2. The summed E-state index contributed by atoms with van der Waals surface area (Å²) in [6.45, 7) is 0. The molecule has 1 aliphatic carbocycles. The quantitative estimate of drug-likeness (QED) is 0.604. The first-order valence-corrected chi connectivity index (χ1v) is 8.44. The van der Waals surface area contributed by atoms with Gasteiger partial charge >= 0.3 is 0 Å². The summed E-state index contributed by atoms with van der Waals surface area (Å²) < 4.78 is 5.23. The normalized spacial score (nSPS) is 20.9. The molecule has 0 bridgehead atoms. The third-order valence-corrected chi connectivity index (χ3v) is 4.60. The number of carbonyl (C=O) groups is 2. The Labute approximate surface area is 151 Å². The molecule has 3 rings (SSSR count). The van der Waals surface area contributed by atoms with Crippen molar-refractivity contribution >= 4 is 35.1 Å². The van der Waals surface area contributed by atoms with Crippen molar-refractivity contribution in [2.45, 2.75) is 18.8 Å². The summed E-state index contributed by atoms with van der Waals surface area (Å²) >= 11 is 5.98. The van der Waals surface area contributed by atoms with E-state index in [9.17, 15) is 9.59 Å². The van der Waals surface area contributed by atoms with Gasteiger partial charge in [-0.05, 0) is 29.7 Å². The van der Waals surface area contributed by atoms with Crippen LogP contribution in [0, 0.1) is 5.92 Å². The van der Waals surface area contributed by atoms with Crippen molar-refractivity contribution in [3.05, 3.63) is 59.1 Å². The summed E-state index contributed by atoms with van der Waals surface area (Å²) in [5.74, 6) is -0.515. The SMILES string of the molecule is COc1ccc(Cl)cc1N=CC1C(=O)CC(c2ccccc2)CC1=O. The van der Waals surface area contributed by atoms with Crippen LogP contribution >= 0.6 is 11.6 Å². The van der Waals surface area contributed by atoms with E-state index in [0.29, 0.717) is 29.3 Å². The van der Waals surface area contributed by atoms with E-state index < -0.39 is 5.92 Å². The Morgan fingerprint density at radius 3 is 2.40 bits per heavy atom. The Morgan fingerprint density at radius 2 is 1.76 bits per heavy atom. The van der Waals surface area contributed by atoms with Crippen LogP contribution < -0.4 is 4.74 Å². The number of benzene rings is 2. The number of rotatable bonds is 4. The minimum atomic E-state index is -0.802. The third kappa shape index (κ3) is 3.97. The highest BCUT2D eigenvalue weighted by molar-refractivity contribution is 6.31. The largest absolute Gasteiger partial charge is 0.494 e. The lowest BCUT2D eigenvalue weighted by molar-refractivity contribution is -0.133. The summed E-state index contributed by atoms with van der Waals surface area (Å²) in [6.07, 6.45) is 2.11. The van der Waals surface area contributed by atoms with E-state index in [1.54, 1.807) is 18.2 Å². The monoisotopic (exact) mass is 355 g/mol. The zero-order valence-corrected chi connectivity index (χ0v) is 14.6. The molecule has 0 radical (unpaired) electrons. The molecule has 0 aromatic heterocycles. The fraction of sp³-hybridized carbons (Fsp3) is 0.250. The van der Waals surface area contributed by atoms with Crippen LogP contribution in [0.5, 0.6) is 5.75 Å². The van der Waals surface area contributed by atoms with Gasteiger partial charge in [0.2, 0.25) is 0 Å². The molecular weight excluding hydrogens is 338 g/mol. The maximum absolute atomic E-state index is 12.5. The van der Waals surface area contributed by atoms with Gasteiger partial charge in [-0.25, -0.2) is 0 Å². The van der Waals surface area contributed by atoms with Crippen LogP contribution in [0.3, 0.4) is 0 Å². The molecular formula is C20H18ClNO3. The van der Waals surface area contributed by atoms with E-state index in [-0.39, 0.29) is 17.5 Å². The Kier molecular flexibility index (Phi) is 5.29. The van der Waals surface area contributed by atoms with E-state index in [1.807, 2.05) is 30.3 Å². The molecule has 5 heteroatoms. The fourth-order valence-corrected chi connectivity index (χ4v) is 3.20. The lowest BCUT2D eigenvalue weighted by Gasteiger charge is -2.24. The molecule has 0 saturated heterocycles. The van der Waals surface area contributed by atoms with Crippen LogP contribution in [0.15, 0.2) is 53.5 Å². The van der Waals surface area contributed by atoms with Gasteiger partial charge in [-0.15, -0.1) is 0 Å². The molecule has 0 unspecified atom stereocenters. The number of hydrogen-bond donors (Lipinski definition) is 0. The van der Waals surface area contributed by atoms with Gasteiger partial charge in [0.1, 0.15) is 28.9 Å². The summed E-state index contributed by atoms with van der Waals surface area (Å²) in [6, 6.07) is 14.7. The highest BCUT2D eigenvalue weighted by Gasteiger charge is 2.34. The molecule has 25 heavy (non-hydrogen) atoms. The minimum absolute atomic E-state index is 0.0495. The van der Waals surface area contributed by atoms with Crippen molar-refractivity contribution in [3.8, 4) is 5.75 Å². The second kappa shape index (κ2) is 7.62. The predicted molar refractivity (Wildman–Crippen MR) is 98.1 cm³/mol. The van der Waals surface area contributed by atoms with Crippen LogP contribution in [-0.2, 0) is 9.59 Å². The standard InChI is InChI=1S/C20H18ClNO3/c1-25-20-8-7-15(21)11-17(20)22-12-16-18(23)9-14(10-19(16)24)13-5-3-2-4-6-13/h2-8,11-12,14,16H,9-10H2,1H3. The van der Waals surface area contributed by atoms with E-state index in [1.165, 1.54) is 13.3 Å². The Hall–Kier alpha value is -2.46. The molecule has 0 N–H and O–H groups in total. The van der Waals surface area contributed by atoms with Crippen molar-refractivity contribution in [1.82, 2.24) is 0 Å². The van der Waals surface area contributed by atoms with Crippen molar-refractivity contribution in [2.75, 3.05) is 7.11 Å². The molecule has 128 valence electrons. The minimum Gasteiger partial charge on any atom is -0.494 e. The van der Waals surface area contributed by atoms with Crippen LogP contribution in [0.4, 0.5) is 5.69 Å². The second-order valence-electron chi connectivity index (χ2n) is 6.02. The number of halogens is 1. The van der Waals surface area contributed by atoms with E-state index in [4.69, 9.17) is 16.3 Å². The van der Waals surface area contributed by atoms with Gasteiger partial charge < -0.3 is 4.74 Å². The zero-order valence-electron chi connectivity index (χ0n) is 13.8. The number of methoxy groups -OCH3 is 1. The lowest BCUT2D eigenvalue weighted by atomic mass is 9.77. The third-order valence-electron chi connectivity index (χ3n) is 4.36. The van der Waals surface area contributed by atoms with Crippen molar-refractivity contribution in [2.24, 2.45) is 10.9 Å². The first-order chi connectivity index (χ1) is 12.1. The zero-order chi connectivity index (χ0) is 17.8. The maximum Gasteiger partial charge on any atom is 0.149 e. The molecule has 0 heterocycles. The van der Waals surface area contributed by atoms with Gasteiger partial charge in [0.25, 0.3) is 0 Å². The average Bonchev–Trinajstić information content (AvgIpc) is 2.62. The fourth-order valence-electron chi connectivity index (χ4n) is 3.04. The molecule has 1 saturated carbocycles. The summed E-state index contributed by atoms with van der Waals surface area (Å²) in [7, 11) is 1.53. The Bertz CT molecular complexity index is 799. The highest BCUT2D eigenvalue weighted by Crippen LogP contribution is 2.33. The Morgan fingerprint density at radius 1 is 1.08 bits per heavy atom. The summed E-state index contributed by atoms with van der Waals surface area (Å²) in [5.41, 5.74) is 1.52. The number of ether oxygens (including phenoxy) is 1. The van der Waals surface area contributed by atoms with Crippen molar-refractivity contribution in [3.63, 3.8) is 0 Å². The number of nitrogens with zero attached hydrogens (tertiary/aromatic N) is 1. The van der Waals surface area contributed by atoms with Gasteiger partial charge in [-0.2, -0.15) is 0 Å². The first-order valence-electron chi connectivity index (χ1n) is 8.06. The highest BCUT2D eigenvalue weighted by atomic mass is 35.5. The van der Waals surface area contributed by atoms with Gasteiger partial charge in [-0.1, -0.05) is 41.9 Å². The number of hydrogen-bond acceptors (Lipinski definition) is 4. The number of carbonyl (C=O) groups excluding carboxylic acids is 2. The van der Waals surface area contributed by atoms with Gasteiger partial charge in [0.05, 0.1) is 7.11 Å². The van der Waals surface area contributed by atoms with Crippen molar-refractivity contribution < 1.29 is 14.3 Å². The van der Waals surface area contributed by atoms with Gasteiger partial charge in [-0.3, -0.25) is 14.6 Å². The average molecular weight is 356 g/mol.